The number of carboxylic acids is 1. The number of sulfone groups is 1. The van der Waals surface area contributed by atoms with Crippen LogP contribution in [0.1, 0.15) is 19.3 Å². The minimum atomic E-state index is -3.58. The first-order chi connectivity index (χ1) is 10.2. The predicted octanol–water partition coefficient (Wildman–Crippen LogP) is 1.44. The number of nitro groups is 1. The van der Waals surface area contributed by atoms with Crippen molar-refractivity contribution >= 4 is 27.2 Å². The molecule has 1 saturated heterocycles. The molecule has 0 amide bonds. The van der Waals surface area contributed by atoms with Crippen LogP contribution < -0.4 is 4.90 Å². The van der Waals surface area contributed by atoms with Crippen LogP contribution in [0.5, 0.6) is 0 Å². The summed E-state index contributed by atoms with van der Waals surface area (Å²) in [4.78, 5) is 23.2. The number of hydrogen-bond acceptors (Lipinski definition) is 6. The van der Waals surface area contributed by atoms with E-state index in [1.807, 2.05) is 0 Å². The van der Waals surface area contributed by atoms with E-state index < -0.39 is 32.5 Å². The fourth-order valence-corrected chi connectivity index (χ4v) is 3.24. The number of carboxylic acid groups (broad SMARTS) is 1. The summed E-state index contributed by atoms with van der Waals surface area (Å²) in [5, 5.41) is 20.5. The van der Waals surface area contributed by atoms with Gasteiger partial charge in [0.25, 0.3) is 5.69 Å². The van der Waals surface area contributed by atoms with Crippen LogP contribution in [0.25, 0.3) is 0 Å². The summed E-state index contributed by atoms with van der Waals surface area (Å²) in [6.45, 7) is 0.385. The quantitative estimate of drug-likeness (QED) is 0.656. The summed E-state index contributed by atoms with van der Waals surface area (Å²) in [6, 6.07) is 2.73. The normalized spacial score (nSPS) is 19.0. The van der Waals surface area contributed by atoms with Crippen molar-refractivity contribution < 1.29 is 23.2 Å². The molecule has 0 spiro atoms. The van der Waals surface area contributed by atoms with E-state index in [2.05, 4.69) is 0 Å². The first kappa shape index (κ1) is 16.2. The predicted molar refractivity (Wildman–Crippen MR) is 78.8 cm³/mol. The van der Waals surface area contributed by atoms with E-state index in [1.54, 1.807) is 0 Å². The first-order valence-corrected chi connectivity index (χ1v) is 8.59. The van der Waals surface area contributed by atoms with E-state index in [-0.39, 0.29) is 10.6 Å². The van der Waals surface area contributed by atoms with Gasteiger partial charge in [0.05, 0.1) is 9.82 Å². The summed E-state index contributed by atoms with van der Waals surface area (Å²) in [6.07, 6.45) is 2.84. The van der Waals surface area contributed by atoms with Gasteiger partial charge in [-0.3, -0.25) is 10.1 Å². The molecule has 1 aromatic rings. The van der Waals surface area contributed by atoms with Gasteiger partial charge < -0.3 is 10.0 Å². The van der Waals surface area contributed by atoms with Crippen molar-refractivity contribution in [3.05, 3.63) is 28.3 Å². The van der Waals surface area contributed by atoms with Gasteiger partial charge in [0.2, 0.25) is 0 Å². The minimum Gasteiger partial charge on any atom is -0.480 e. The van der Waals surface area contributed by atoms with Gasteiger partial charge in [0.15, 0.2) is 9.84 Å². The molecule has 1 unspecified atom stereocenters. The number of anilines is 1. The van der Waals surface area contributed by atoms with Gasteiger partial charge in [0, 0.05) is 18.9 Å². The molecule has 0 saturated carbocycles. The maximum Gasteiger partial charge on any atom is 0.326 e. The van der Waals surface area contributed by atoms with Crippen LogP contribution >= 0.6 is 0 Å². The number of nitro benzene ring substituents is 1. The fourth-order valence-electron chi connectivity index (χ4n) is 2.60. The van der Waals surface area contributed by atoms with Crippen molar-refractivity contribution in [2.75, 3.05) is 17.7 Å². The molecule has 0 bridgehead atoms. The Bertz CT molecular complexity index is 715. The molecule has 2 rings (SSSR count). The number of hydrogen-bond donors (Lipinski definition) is 1. The number of aliphatic carboxylic acids is 1. The lowest BCUT2D eigenvalue weighted by molar-refractivity contribution is -0.384. The zero-order valence-corrected chi connectivity index (χ0v) is 12.7. The zero-order chi connectivity index (χ0) is 16.5. The Morgan fingerprint density at radius 3 is 2.64 bits per heavy atom. The third kappa shape index (κ3) is 3.19. The maximum atomic E-state index is 11.5. The summed E-state index contributed by atoms with van der Waals surface area (Å²) in [5.74, 6) is -1.04. The van der Waals surface area contributed by atoms with Crippen molar-refractivity contribution in [1.29, 1.82) is 0 Å². The van der Waals surface area contributed by atoms with E-state index in [0.717, 1.165) is 25.2 Å². The second kappa shape index (κ2) is 5.91. The Hall–Kier alpha value is -2.16. The Kier molecular flexibility index (Phi) is 4.36. The lowest BCUT2D eigenvalue weighted by atomic mass is 10.0. The van der Waals surface area contributed by atoms with Crippen molar-refractivity contribution in [2.24, 2.45) is 0 Å². The standard InChI is InChI=1S/C13H16N2O6S/c1-22(20,21)9-5-6-10(12(8-9)15(18)19)14-7-3-2-4-11(14)13(16)17/h5-6,8,11H,2-4,7H2,1H3,(H,16,17). The lowest BCUT2D eigenvalue weighted by Gasteiger charge is -2.34. The Morgan fingerprint density at radius 2 is 2.09 bits per heavy atom. The van der Waals surface area contributed by atoms with E-state index >= 15 is 0 Å². The Balaban J connectivity index is 2.54. The van der Waals surface area contributed by atoms with E-state index in [1.165, 1.54) is 17.0 Å². The summed E-state index contributed by atoms with van der Waals surface area (Å²) < 4.78 is 23.1. The van der Waals surface area contributed by atoms with Gasteiger partial charge in [-0.2, -0.15) is 0 Å². The molecule has 1 aliphatic heterocycles. The zero-order valence-electron chi connectivity index (χ0n) is 11.9. The van der Waals surface area contributed by atoms with Crippen LogP contribution in [0.2, 0.25) is 0 Å². The smallest absolute Gasteiger partial charge is 0.326 e. The fraction of sp³-hybridized carbons (Fsp3) is 0.462. The molecule has 0 aliphatic carbocycles. The molecule has 1 aliphatic rings. The number of rotatable bonds is 4. The number of carbonyl (C=O) groups is 1. The molecule has 8 nitrogen and oxygen atoms in total. The van der Waals surface area contributed by atoms with Crippen LogP contribution in [0.4, 0.5) is 11.4 Å². The van der Waals surface area contributed by atoms with Crippen molar-refractivity contribution in [3.63, 3.8) is 0 Å². The third-order valence-electron chi connectivity index (χ3n) is 3.67. The highest BCUT2D eigenvalue weighted by Gasteiger charge is 2.33. The molecule has 120 valence electrons. The molecule has 1 heterocycles. The highest BCUT2D eigenvalue weighted by atomic mass is 32.2. The second-order valence-electron chi connectivity index (χ2n) is 5.22. The molecule has 0 radical (unpaired) electrons. The topological polar surface area (TPSA) is 118 Å². The summed E-state index contributed by atoms with van der Waals surface area (Å²) >= 11 is 0. The van der Waals surface area contributed by atoms with Gasteiger partial charge in [0.1, 0.15) is 11.7 Å². The van der Waals surface area contributed by atoms with Crippen LogP contribution in [0.3, 0.4) is 0 Å². The third-order valence-corrected chi connectivity index (χ3v) is 4.78. The Morgan fingerprint density at radius 1 is 1.41 bits per heavy atom. The van der Waals surface area contributed by atoms with Gasteiger partial charge >= 0.3 is 5.97 Å². The largest absolute Gasteiger partial charge is 0.480 e. The molecule has 1 fully saturated rings. The highest BCUT2D eigenvalue weighted by Crippen LogP contribution is 2.34. The van der Waals surface area contributed by atoms with Crippen LogP contribution in [0, 0.1) is 10.1 Å². The molecule has 1 atom stereocenters. The molecular formula is C13H16N2O6S. The average molecular weight is 328 g/mol. The van der Waals surface area contributed by atoms with Crippen LogP contribution in [-0.4, -0.2) is 43.3 Å². The molecule has 1 N–H and O–H groups in total. The van der Waals surface area contributed by atoms with Crippen LogP contribution in [0.15, 0.2) is 23.1 Å². The van der Waals surface area contributed by atoms with Crippen molar-refractivity contribution in [3.8, 4) is 0 Å². The van der Waals surface area contributed by atoms with E-state index in [9.17, 15) is 28.4 Å². The van der Waals surface area contributed by atoms with Crippen LogP contribution in [-0.2, 0) is 14.6 Å². The van der Waals surface area contributed by atoms with E-state index in [4.69, 9.17) is 0 Å². The first-order valence-electron chi connectivity index (χ1n) is 6.70. The molecule has 9 heteroatoms. The molecule has 0 aromatic heterocycles. The average Bonchev–Trinajstić information content (AvgIpc) is 2.45. The van der Waals surface area contributed by atoms with Gasteiger partial charge in [-0.15, -0.1) is 0 Å². The van der Waals surface area contributed by atoms with Gasteiger partial charge in [-0.25, -0.2) is 13.2 Å². The van der Waals surface area contributed by atoms with Crippen molar-refractivity contribution in [2.45, 2.75) is 30.2 Å². The van der Waals surface area contributed by atoms with Gasteiger partial charge in [-0.1, -0.05) is 0 Å². The SMILES string of the molecule is CS(=O)(=O)c1ccc(N2CCCCC2C(=O)O)c([N+](=O)[O-])c1. The minimum absolute atomic E-state index is 0.143. The number of piperidine rings is 1. The summed E-state index contributed by atoms with van der Waals surface area (Å²) in [5.41, 5.74) is -0.249. The maximum absolute atomic E-state index is 11.5. The van der Waals surface area contributed by atoms with Gasteiger partial charge in [-0.05, 0) is 31.4 Å². The van der Waals surface area contributed by atoms with E-state index in [0.29, 0.717) is 13.0 Å². The lowest BCUT2D eigenvalue weighted by Crippen LogP contribution is -2.45. The van der Waals surface area contributed by atoms with Crippen molar-refractivity contribution in [1.82, 2.24) is 0 Å². The number of nitrogens with zero attached hydrogens (tertiary/aromatic N) is 2. The number of benzene rings is 1. The molecular weight excluding hydrogens is 312 g/mol. The summed E-state index contributed by atoms with van der Waals surface area (Å²) in [7, 11) is -3.58. The Labute approximate surface area is 127 Å². The monoisotopic (exact) mass is 328 g/mol. The second-order valence-corrected chi connectivity index (χ2v) is 7.24. The molecule has 1 aromatic carbocycles. The molecule has 22 heavy (non-hydrogen) atoms. The highest BCUT2D eigenvalue weighted by molar-refractivity contribution is 7.90.